The number of ether oxygens (including phenoxy) is 1. The van der Waals surface area contributed by atoms with Crippen LogP contribution in [0.5, 0.6) is 0 Å². The van der Waals surface area contributed by atoms with Crippen molar-refractivity contribution in [1.82, 2.24) is 21.3 Å². The van der Waals surface area contributed by atoms with Gasteiger partial charge in [0, 0.05) is 12.5 Å². The molecule has 3 heterocycles. The third-order valence-electron chi connectivity index (χ3n) is 4.02. The molecule has 0 saturated carbocycles. The maximum absolute atomic E-state index is 11.5. The Morgan fingerprint density at radius 2 is 1.96 bits per heavy atom. The van der Waals surface area contributed by atoms with Crippen LogP contribution < -0.4 is 16.3 Å². The Hall–Kier alpha value is -2.05. The molecular formula is C19H32N4O2. The van der Waals surface area contributed by atoms with E-state index >= 15 is 0 Å². The topological polar surface area (TPSA) is 65.6 Å². The van der Waals surface area contributed by atoms with Crippen LogP contribution in [0, 0.1) is 5.92 Å². The van der Waals surface area contributed by atoms with E-state index in [1.165, 1.54) is 0 Å². The third-order valence-corrected chi connectivity index (χ3v) is 4.02. The predicted octanol–water partition coefficient (Wildman–Crippen LogP) is 2.75. The Morgan fingerprint density at radius 3 is 2.52 bits per heavy atom. The van der Waals surface area contributed by atoms with E-state index in [0.717, 1.165) is 17.2 Å². The molecule has 1 saturated heterocycles. The molecule has 0 aromatic heterocycles. The zero-order chi connectivity index (χ0) is 19.0. The highest BCUT2D eigenvalue weighted by Crippen LogP contribution is 2.33. The average Bonchev–Trinajstić information content (AvgIpc) is 3.09. The number of nitrogens with zero attached hydrogens (tertiary/aromatic N) is 1. The number of rotatable bonds is 3. The number of methoxy groups -OCH3 is 1. The molecule has 140 valence electrons. The van der Waals surface area contributed by atoms with Crippen LogP contribution in [0.1, 0.15) is 41.0 Å². The molecule has 3 N–H and O–H groups in total. The second-order valence-electron chi connectivity index (χ2n) is 5.46. The van der Waals surface area contributed by atoms with Crippen LogP contribution in [0.25, 0.3) is 0 Å². The van der Waals surface area contributed by atoms with Gasteiger partial charge in [-0.25, -0.2) is 15.9 Å². The molecular weight excluding hydrogens is 316 g/mol. The lowest BCUT2D eigenvalue weighted by atomic mass is 9.87. The van der Waals surface area contributed by atoms with Gasteiger partial charge in [-0.3, -0.25) is 10.2 Å². The van der Waals surface area contributed by atoms with Crippen LogP contribution in [0.3, 0.4) is 0 Å². The van der Waals surface area contributed by atoms with E-state index in [1.807, 2.05) is 50.9 Å². The SMILES string of the molecule is C=CC1C=C2C(C3NNC(=O)CC3C)=CC=C(OC)N2N1.CC.CC. The van der Waals surface area contributed by atoms with Crippen molar-refractivity contribution in [1.29, 1.82) is 0 Å². The van der Waals surface area contributed by atoms with Crippen LogP contribution in [-0.4, -0.2) is 30.1 Å². The lowest BCUT2D eigenvalue weighted by Crippen LogP contribution is -2.55. The lowest BCUT2D eigenvalue weighted by Gasteiger charge is -2.36. The summed E-state index contributed by atoms with van der Waals surface area (Å²) < 4.78 is 5.39. The van der Waals surface area contributed by atoms with Crippen LogP contribution in [0.2, 0.25) is 0 Å². The fourth-order valence-corrected chi connectivity index (χ4v) is 2.92. The Balaban J connectivity index is 0.000000730. The predicted molar refractivity (Wildman–Crippen MR) is 102 cm³/mol. The van der Waals surface area contributed by atoms with Crippen molar-refractivity contribution < 1.29 is 9.53 Å². The Labute approximate surface area is 151 Å². The Kier molecular flexibility index (Phi) is 8.45. The summed E-state index contributed by atoms with van der Waals surface area (Å²) in [6.45, 7) is 13.9. The molecule has 6 heteroatoms. The molecule has 1 fully saturated rings. The summed E-state index contributed by atoms with van der Waals surface area (Å²) in [4.78, 5) is 11.5. The normalized spacial score (nSPS) is 27.1. The van der Waals surface area contributed by atoms with Gasteiger partial charge in [0.1, 0.15) is 0 Å². The fourth-order valence-electron chi connectivity index (χ4n) is 2.92. The standard InChI is InChI=1S/C15H20N4O2.2C2H6/c1-4-10-8-12-11(5-6-14(21-3)19(12)18-10)15-9(2)7-13(20)16-17-15;2*1-2/h4-6,8-10,15,17-18H,1,7H2,2-3H3,(H,16,20);2*1-2H3. The minimum absolute atomic E-state index is 0.0302. The summed E-state index contributed by atoms with van der Waals surface area (Å²) in [5, 5.41) is 1.92. The van der Waals surface area contributed by atoms with Crippen LogP contribution in [0.4, 0.5) is 0 Å². The number of hydrogen-bond acceptors (Lipinski definition) is 5. The number of hydrazine groups is 2. The molecule has 0 aromatic rings. The van der Waals surface area contributed by atoms with Gasteiger partial charge in [-0.1, -0.05) is 40.7 Å². The van der Waals surface area contributed by atoms with Gasteiger partial charge in [0.05, 0.1) is 24.9 Å². The van der Waals surface area contributed by atoms with Crippen molar-refractivity contribution in [3.63, 3.8) is 0 Å². The molecule has 1 amide bonds. The lowest BCUT2D eigenvalue weighted by molar-refractivity contribution is -0.125. The minimum Gasteiger partial charge on any atom is -0.481 e. The smallest absolute Gasteiger partial charge is 0.234 e. The molecule has 25 heavy (non-hydrogen) atoms. The molecule has 0 radical (unpaired) electrons. The summed E-state index contributed by atoms with van der Waals surface area (Å²) in [6.07, 6.45) is 8.43. The van der Waals surface area contributed by atoms with E-state index in [2.05, 4.69) is 35.9 Å². The molecule has 0 aliphatic carbocycles. The molecule has 0 aromatic carbocycles. The van der Waals surface area contributed by atoms with Gasteiger partial charge >= 0.3 is 0 Å². The van der Waals surface area contributed by atoms with Gasteiger partial charge in [0.25, 0.3) is 0 Å². The van der Waals surface area contributed by atoms with Crippen molar-refractivity contribution in [2.45, 2.75) is 53.1 Å². The first-order valence-corrected chi connectivity index (χ1v) is 9.05. The molecule has 6 nitrogen and oxygen atoms in total. The largest absolute Gasteiger partial charge is 0.481 e. The van der Waals surface area contributed by atoms with E-state index in [9.17, 15) is 4.79 Å². The highest BCUT2D eigenvalue weighted by atomic mass is 16.5. The molecule has 3 aliphatic rings. The first-order chi connectivity index (χ1) is 12.1. The summed E-state index contributed by atoms with van der Waals surface area (Å²) in [5.41, 5.74) is 11.3. The molecule has 3 unspecified atom stereocenters. The number of nitrogens with one attached hydrogen (secondary N) is 3. The van der Waals surface area contributed by atoms with Crippen molar-refractivity contribution >= 4 is 5.91 Å². The summed E-state index contributed by atoms with van der Waals surface area (Å²) >= 11 is 0. The quantitative estimate of drug-likeness (QED) is 0.685. The first-order valence-electron chi connectivity index (χ1n) is 9.05. The van der Waals surface area contributed by atoms with E-state index < -0.39 is 0 Å². The van der Waals surface area contributed by atoms with Gasteiger partial charge in [-0.2, -0.15) is 0 Å². The molecule has 0 spiro atoms. The monoisotopic (exact) mass is 348 g/mol. The second-order valence-corrected chi connectivity index (χ2v) is 5.46. The maximum Gasteiger partial charge on any atom is 0.234 e. The van der Waals surface area contributed by atoms with Crippen molar-refractivity contribution in [3.8, 4) is 0 Å². The Bertz CT molecular complexity index is 566. The number of fused-ring (bicyclic) bond motifs is 1. The number of carbonyl (C=O) groups excluding carboxylic acids is 1. The second kappa shape index (κ2) is 10.1. The van der Waals surface area contributed by atoms with Gasteiger partial charge < -0.3 is 4.74 Å². The van der Waals surface area contributed by atoms with E-state index in [4.69, 9.17) is 4.74 Å². The molecule has 3 rings (SSSR count). The van der Waals surface area contributed by atoms with E-state index in [0.29, 0.717) is 6.42 Å². The number of amides is 1. The highest BCUT2D eigenvalue weighted by molar-refractivity contribution is 5.76. The Morgan fingerprint density at radius 1 is 1.28 bits per heavy atom. The third kappa shape index (κ3) is 4.52. The zero-order valence-electron chi connectivity index (χ0n) is 16.2. The van der Waals surface area contributed by atoms with Crippen molar-refractivity contribution in [3.05, 3.63) is 48.0 Å². The maximum atomic E-state index is 11.5. The van der Waals surface area contributed by atoms with Crippen LogP contribution in [-0.2, 0) is 9.53 Å². The highest BCUT2D eigenvalue weighted by Gasteiger charge is 2.36. The molecule has 0 bridgehead atoms. The summed E-state index contributed by atoms with van der Waals surface area (Å²) in [7, 11) is 1.65. The molecule has 3 atom stereocenters. The fraction of sp³-hybridized carbons (Fsp3) is 0.526. The zero-order valence-corrected chi connectivity index (χ0v) is 16.2. The number of allylic oxidation sites excluding steroid dienone is 2. The summed E-state index contributed by atoms with van der Waals surface area (Å²) in [5.74, 6) is 0.984. The van der Waals surface area contributed by atoms with Gasteiger partial charge in [-0.05, 0) is 23.6 Å². The van der Waals surface area contributed by atoms with E-state index in [-0.39, 0.29) is 23.9 Å². The van der Waals surface area contributed by atoms with Crippen molar-refractivity contribution in [2.24, 2.45) is 5.92 Å². The van der Waals surface area contributed by atoms with Gasteiger partial charge in [0.2, 0.25) is 11.8 Å². The van der Waals surface area contributed by atoms with Crippen LogP contribution >= 0.6 is 0 Å². The number of carbonyl (C=O) groups is 1. The van der Waals surface area contributed by atoms with Gasteiger partial charge in [0.15, 0.2) is 0 Å². The molecule has 3 aliphatic heterocycles. The summed E-state index contributed by atoms with van der Waals surface area (Å²) in [6, 6.07) is 0.130. The first kappa shape index (κ1) is 21.0. The van der Waals surface area contributed by atoms with Crippen molar-refractivity contribution in [2.75, 3.05) is 7.11 Å². The van der Waals surface area contributed by atoms with Crippen LogP contribution in [0.15, 0.2) is 48.0 Å². The average molecular weight is 348 g/mol. The van der Waals surface area contributed by atoms with Gasteiger partial charge in [-0.15, -0.1) is 6.58 Å². The van der Waals surface area contributed by atoms with E-state index in [1.54, 1.807) is 7.11 Å². The number of hydrogen-bond donors (Lipinski definition) is 3. The minimum atomic E-state index is 0.0302.